The summed E-state index contributed by atoms with van der Waals surface area (Å²) in [7, 11) is 1.57. The standard InChI is InChI=1S/C19H24N4O3/c1-22-17(16(11-21-22)19(25)26)18(24)20-10-15-8-5-9-23(13-15)12-14-6-3-2-4-7-14/h2-4,6-7,11,15H,5,8-10,12-13H2,1H3,(H,20,24)(H,25,26). The number of aromatic carboxylic acids is 1. The van der Waals surface area contributed by atoms with Crippen molar-refractivity contribution in [2.75, 3.05) is 19.6 Å². The largest absolute Gasteiger partial charge is 0.478 e. The molecule has 1 aliphatic rings. The fourth-order valence-corrected chi connectivity index (χ4v) is 3.49. The minimum absolute atomic E-state index is 0.0700. The van der Waals surface area contributed by atoms with Gasteiger partial charge >= 0.3 is 5.97 Å². The number of amides is 1. The first kappa shape index (κ1) is 18.1. The van der Waals surface area contributed by atoms with Crippen molar-refractivity contribution in [3.63, 3.8) is 0 Å². The number of carbonyl (C=O) groups is 2. The SMILES string of the molecule is Cn1ncc(C(=O)O)c1C(=O)NCC1CCCN(Cc2ccccc2)C1. The average Bonchev–Trinajstić information content (AvgIpc) is 3.03. The van der Waals surface area contributed by atoms with Gasteiger partial charge in [-0.1, -0.05) is 30.3 Å². The molecule has 3 rings (SSSR count). The van der Waals surface area contributed by atoms with Gasteiger partial charge in [-0.25, -0.2) is 4.79 Å². The molecule has 1 unspecified atom stereocenters. The molecule has 0 spiro atoms. The maximum atomic E-state index is 12.4. The molecule has 1 atom stereocenters. The van der Waals surface area contributed by atoms with Crippen molar-refractivity contribution in [1.29, 1.82) is 0 Å². The van der Waals surface area contributed by atoms with Crippen molar-refractivity contribution in [1.82, 2.24) is 20.0 Å². The highest BCUT2D eigenvalue weighted by Gasteiger charge is 2.24. The molecule has 7 nitrogen and oxygen atoms in total. The molecule has 1 saturated heterocycles. The van der Waals surface area contributed by atoms with E-state index < -0.39 is 5.97 Å². The molecule has 1 aliphatic heterocycles. The van der Waals surface area contributed by atoms with Crippen LogP contribution < -0.4 is 5.32 Å². The molecule has 1 aromatic heterocycles. The summed E-state index contributed by atoms with van der Waals surface area (Å²) in [5, 5.41) is 15.9. The molecule has 1 aromatic carbocycles. The third-order valence-electron chi connectivity index (χ3n) is 4.79. The number of carboxylic acids is 1. The Morgan fingerprint density at radius 3 is 2.81 bits per heavy atom. The van der Waals surface area contributed by atoms with Gasteiger partial charge in [-0.15, -0.1) is 0 Å². The molecule has 26 heavy (non-hydrogen) atoms. The third-order valence-corrected chi connectivity index (χ3v) is 4.79. The third kappa shape index (κ3) is 4.29. The summed E-state index contributed by atoms with van der Waals surface area (Å²) < 4.78 is 1.31. The summed E-state index contributed by atoms with van der Waals surface area (Å²) >= 11 is 0. The minimum atomic E-state index is -1.14. The zero-order chi connectivity index (χ0) is 18.5. The summed E-state index contributed by atoms with van der Waals surface area (Å²) in [5.41, 5.74) is 1.31. The molecular weight excluding hydrogens is 332 g/mol. The van der Waals surface area contributed by atoms with Crippen LogP contribution in [0.15, 0.2) is 36.5 Å². The summed E-state index contributed by atoms with van der Waals surface area (Å²) in [4.78, 5) is 26.0. The number of hydrogen-bond acceptors (Lipinski definition) is 4. The average molecular weight is 356 g/mol. The zero-order valence-electron chi connectivity index (χ0n) is 14.9. The second-order valence-electron chi connectivity index (χ2n) is 6.77. The second-order valence-corrected chi connectivity index (χ2v) is 6.77. The van der Waals surface area contributed by atoms with Crippen molar-refractivity contribution in [3.8, 4) is 0 Å². The predicted molar refractivity (Wildman–Crippen MR) is 96.9 cm³/mol. The number of aryl methyl sites for hydroxylation is 1. The Kier molecular flexibility index (Phi) is 5.68. The van der Waals surface area contributed by atoms with Gasteiger partial charge < -0.3 is 10.4 Å². The van der Waals surface area contributed by atoms with E-state index in [1.165, 1.54) is 16.4 Å². The first-order valence-electron chi connectivity index (χ1n) is 8.84. The first-order chi connectivity index (χ1) is 12.5. The Morgan fingerprint density at radius 2 is 2.08 bits per heavy atom. The fraction of sp³-hybridized carbons (Fsp3) is 0.421. The number of nitrogens with one attached hydrogen (secondary N) is 1. The lowest BCUT2D eigenvalue weighted by Gasteiger charge is -2.32. The van der Waals surface area contributed by atoms with Crippen LogP contribution in [0.2, 0.25) is 0 Å². The van der Waals surface area contributed by atoms with Crippen LogP contribution in [0.25, 0.3) is 0 Å². The van der Waals surface area contributed by atoms with E-state index in [0.717, 1.165) is 32.5 Å². The molecule has 0 aliphatic carbocycles. The molecular formula is C19H24N4O3. The molecule has 2 aromatic rings. The number of carboxylic acid groups (broad SMARTS) is 1. The van der Waals surface area contributed by atoms with Crippen molar-refractivity contribution in [2.45, 2.75) is 19.4 Å². The highest BCUT2D eigenvalue weighted by molar-refractivity contribution is 6.03. The predicted octanol–water partition coefficient (Wildman–Crippen LogP) is 1.76. The lowest BCUT2D eigenvalue weighted by atomic mass is 9.97. The van der Waals surface area contributed by atoms with E-state index in [2.05, 4.69) is 27.4 Å². The fourth-order valence-electron chi connectivity index (χ4n) is 3.49. The van der Waals surface area contributed by atoms with Crippen molar-refractivity contribution in [3.05, 3.63) is 53.3 Å². The van der Waals surface area contributed by atoms with Gasteiger partial charge in [-0.05, 0) is 30.9 Å². The van der Waals surface area contributed by atoms with Gasteiger partial charge in [0.1, 0.15) is 11.3 Å². The van der Waals surface area contributed by atoms with Gasteiger partial charge in [0.15, 0.2) is 0 Å². The molecule has 1 fully saturated rings. The van der Waals surface area contributed by atoms with Crippen LogP contribution in [0.4, 0.5) is 0 Å². The number of carbonyl (C=O) groups excluding carboxylic acids is 1. The van der Waals surface area contributed by atoms with E-state index in [1.807, 2.05) is 18.2 Å². The number of aromatic nitrogens is 2. The lowest BCUT2D eigenvalue weighted by molar-refractivity contribution is 0.0690. The van der Waals surface area contributed by atoms with Crippen molar-refractivity contribution in [2.24, 2.45) is 13.0 Å². The van der Waals surface area contributed by atoms with Crippen LogP contribution >= 0.6 is 0 Å². The minimum Gasteiger partial charge on any atom is -0.478 e. The van der Waals surface area contributed by atoms with E-state index >= 15 is 0 Å². The zero-order valence-corrected chi connectivity index (χ0v) is 14.9. The van der Waals surface area contributed by atoms with Crippen LogP contribution in [0.5, 0.6) is 0 Å². The van der Waals surface area contributed by atoms with Gasteiger partial charge in [-0.3, -0.25) is 14.4 Å². The van der Waals surface area contributed by atoms with E-state index in [9.17, 15) is 14.7 Å². The molecule has 0 radical (unpaired) electrons. The molecule has 7 heteroatoms. The molecule has 2 N–H and O–H groups in total. The van der Waals surface area contributed by atoms with Gasteiger partial charge in [-0.2, -0.15) is 5.10 Å². The van der Waals surface area contributed by atoms with Gasteiger partial charge in [0.05, 0.1) is 6.20 Å². The Balaban J connectivity index is 1.55. The van der Waals surface area contributed by atoms with Gasteiger partial charge in [0.2, 0.25) is 0 Å². The summed E-state index contributed by atoms with van der Waals surface area (Å²) in [6.45, 7) is 3.43. The molecule has 138 valence electrons. The van der Waals surface area contributed by atoms with Crippen LogP contribution in [0.3, 0.4) is 0 Å². The maximum Gasteiger partial charge on any atom is 0.339 e. The number of likely N-dealkylation sites (tertiary alicyclic amines) is 1. The number of rotatable bonds is 6. The number of nitrogens with zero attached hydrogens (tertiary/aromatic N) is 3. The molecule has 0 bridgehead atoms. The van der Waals surface area contributed by atoms with Crippen molar-refractivity contribution < 1.29 is 14.7 Å². The first-order valence-corrected chi connectivity index (χ1v) is 8.84. The van der Waals surface area contributed by atoms with Crippen LogP contribution in [0.1, 0.15) is 39.3 Å². The van der Waals surface area contributed by atoms with Crippen LogP contribution in [-0.4, -0.2) is 51.3 Å². The molecule has 2 heterocycles. The molecule has 0 saturated carbocycles. The van der Waals surface area contributed by atoms with E-state index in [0.29, 0.717) is 12.5 Å². The normalized spacial score (nSPS) is 17.8. The highest BCUT2D eigenvalue weighted by atomic mass is 16.4. The summed E-state index contributed by atoms with van der Waals surface area (Å²) in [6, 6.07) is 10.4. The van der Waals surface area contributed by atoms with Gasteiger partial charge in [0.25, 0.3) is 5.91 Å². The summed E-state index contributed by atoms with van der Waals surface area (Å²) in [6.07, 6.45) is 3.36. The number of hydrogen-bond donors (Lipinski definition) is 2. The van der Waals surface area contributed by atoms with E-state index in [-0.39, 0.29) is 17.2 Å². The topological polar surface area (TPSA) is 87.5 Å². The molecule has 1 amide bonds. The lowest BCUT2D eigenvalue weighted by Crippen LogP contribution is -2.41. The maximum absolute atomic E-state index is 12.4. The Hall–Kier alpha value is -2.67. The monoisotopic (exact) mass is 356 g/mol. The van der Waals surface area contributed by atoms with Gasteiger partial charge in [0, 0.05) is 26.7 Å². The Bertz CT molecular complexity index is 772. The van der Waals surface area contributed by atoms with Crippen LogP contribution in [-0.2, 0) is 13.6 Å². The second kappa shape index (κ2) is 8.14. The van der Waals surface area contributed by atoms with E-state index in [4.69, 9.17) is 0 Å². The quantitative estimate of drug-likeness (QED) is 0.823. The number of benzene rings is 1. The number of piperidine rings is 1. The Labute approximate surface area is 152 Å². The van der Waals surface area contributed by atoms with Crippen molar-refractivity contribution >= 4 is 11.9 Å². The summed E-state index contributed by atoms with van der Waals surface area (Å²) in [5.74, 6) is -1.17. The smallest absolute Gasteiger partial charge is 0.339 e. The Morgan fingerprint density at radius 1 is 1.31 bits per heavy atom. The highest BCUT2D eigenvalue weighted by Crippen LogP contribution is 2.18. The van der Waals surface area contributed by atoms with Crippen LogP contribution in [0, 0.1) is 5.92 Å². The van der Waals surface area contributed by atoms with E-state index in [1.54, 1.807) is 7.05 Å².